The highest BCUT2D eigenvalue weighted by atomic mass is 16.5. The van der Waals surface area contributed by atoms with Crippen LogP contribution in [0.3, 0.4) is 0 Å². The zero-order valence-electron chi connectivity index (χ0n) is 11.7. The molecule has 0 atom stereocenters. The van der Waals surface area contributed by atoms with Crippen molar-refractivity contribution in [3.05, 3.63) is 35.9 Å². The van der Waals surface area contributed by atoms with Gasteiger partial charge in [-0.2, -0.15) is 5.10 Å². The fourth-order valence-corrected chi connectivity index (χ4v) is 2.37. The van der Waals surface area contributed by atoms with E-state index in [-0.39, 0.29) is 6.54 Å². The van der Waals surface area contributed by atoms with Crippen molar-refractivity contribution in [1.82, 2.24) is 14.8 Å². The smallest absolute Gasteiger partial charge is 0.299 e. The summed E-state index contributed by atoms with van der Waals surface area (Å²) in [6, 6.07) is 4.96. The molecule has 0 aliphatic carbocycles. The predicted molar refractivity (Wildman–Crippen MR) is 74.2 cm³/mol. The van der Waals surface area contributed by atoms with Crippen LogP contribution in [0, 0.1) is 0 Å². The number of aryl methyl sites for hydroxylation is 1. The summed E-state index contributed by atoms with van der Waals surface area (Å²) in [5, 5.41) is 4.07. The third-order valence-corrected chi connectivity index (χ3v) is 3.47. The van der Waals surface area contributed by atoms with Crippen LogP contribution in [-0.4, -0.2) is 33.6 Å². The van der Waals surface area contributed by atoms with Gasteiger partial charge in [-0.25, -0.2) is 9.67 Å². The Morgan fingerprint density at radius 2 is 2.10 bits per heavy atom. The van der Waals surface area contributed by atoms with E-state index in [4.69, 9.17) is 4.74 Å². The molecular weight excluding hydrogens is 272 g/mol. The van der Waals surface area contributed by atoms with Gasteiger partial charge in [0.15, 0.2) is 0 Å². The summed E-state index contributed by atoms with van der Waals surface area (Å²) in [5.41, 5.74) is 0.943. The van der Waals surface area contributed by atoms with E-state index >= 15 is 0 Å². The van der Waals surface area contributed by atoms with Crippen molar-refractivity contribution < 1.29 is 14.3 Å². The van der Waals surface area contributed by atoms with Crippen LogP contribution < -0.4 is 9.64 Å². The van der Waals surface area contributed by atoms with Crippen LogP contribution in [0.25, 0.3) is 0 Å². The molecule has 0 unspecified atom stereocenters. The fourth-order valence-electron chi connectivity index (χ4n) is 2.37. The number of anilines is 1. The Bertz CT molecular complexity index is 723. The Labute approximate surface area is 121 Å². The van der Waals surface area contributed by atoms with E-state index in [1.165, 1.54) is 11.2 Å². The molecule has 1 aliphatic rings. The van der Waals surface area contributed by atoms with Crippen LogP contribution in [-0.2, 0) is 17.9 Å². The number of carbonyl (C=O) groups excluding carboxylic acids is 2. The first-order valence-electron chi connectivity index (χ1n) is 6.56. The summed E-state index contributed by atoms with van der Waals surface area (Å²) >= 11 is 0. The van der Waals surface area contributed by atoms with Gasteiger partial charge in [-0.15, -0.1) is 0 Å². The second-order valence-electron chi connectivity index (χ2n) is 4.60. The van der Waals surface area contributed by atoms with Crippen molar-refractivity contribution in [1.29, 1.82) is 0 Å². The Morgan fingerprint density at radius 3 is 2.81 bits per heavy atom. The van der Waals surface area contributed by atoms with Gasteiger partial charge in [-0.3, -0.25) is 14.5 Å². The molecule has 1 aromatic heterocycles. The Kier molecular flexibility index (Phi) is 3.17. The number of amides is 1. The second kappa shape index (κ2) is 5.01. The molecule has 2 heterocycles. The van der Waals surface area contributed by atoms with Crippen LogP contribution in [0.2, 0.25) is 0 Å². The van der Waals surface area contributed by atoms with Gasteiger partial charge in [0.1, 0.15) is 17.9 Å². The molecule has 0 fully saturated rings. The number of hydrogen-bond acceptors (Lipinski definition) is 5. The first-order chi connectivity index (χ1) is 10.2. The highest BCUT2D eigenvalue weighted by molar-refractivity contribution is 6.52. The minimum Gasteiger partial charge on any atom is -0.497 e. The molecule has 0 N–H and O–H groups in total. The number of Topliss-reactive ketones (excluding diaryl/α,β-unsaturated/α-hetero) is 1. The summed E-state index contributed by atoms with van der Waals surface area (Å²) in [6.45, 7) is 2.79. The van der Waals surface area contributed by atoms with Crippen molar-refractivity contribution in [2.75, 3.05) is 12.0 Å². The van der Waals surface area contributed by atoms with E-state index in [2.05, 4.69) is 10.1 Å². The zero-order chi connectivity index (χ0) is 15.0. The minimum absolute atomic E-state index is 0.207. The number of carbonyl (C=O) groups is 2. The Hall–Kier alpha value is -2.70. The van der Waals surface area contributed by atoms with Crippen molar-refractivity contribution in [3.63, 3.8) is 0 Å². The Morgan fingerprint density at radius 1 is 1.29 bits per heavy atom. The van der Waals surface area contributed by atoms with Crippen LogP contribution in [0.4, 0.5) is 5.69 Å². The molecule has 7 nitrogen and oxygen atoms in total. The molecule has 7 heteroatoms. The number of methoxy groups -OCH3 is 1. The number of benzene rings is 1. The largest absolute Gasteiger partial charge is 0.497 e. The van der Waals surface area contributed by atoms with Gasteiger partial charge in [-0.05, 0) is 19.1 Å². The molecule has 108 valence electrons. The summed E-state index contributed by atoms with van der Waals surface area (Å²) in [4.78, 5) is 29.7. The van der Waals surface area contributed by atoms with Gasteiger partial charge in [0.2, 0.25) is 0 Å². The lowest BCUT2D eigenvalue weighted by atomic mass is 10.1. The second-order valence-corrected chi connectivity index (χ2v) is 4.60. The minimum atomic E-state index is -0.552. The highest BCUT2D eigenvalue weighted by Crippen LogP contribution is 2.33. The first kappa shape index (κ1) is 13.3. The topological polar surface area (TPSA) is 77.3 Å². The molecule has 1 aliphatic heterocycles. The van der Waals surface area contributed by atoms with E-state index in [0.29, 0.717) is 29.4 Å². The van der Waals surface area contributed by atoms with Gasteiger partial charge < -0.3 is 4.74 Å². The van der Waals surface area contributed by atoms with Crippen LogP contribution in [0.1, 0.15) is 23.1 Å². The summed E-state index contributed by atoms with van der Waals surface area (Å²) in [7, 11) is 1.54. The molecule has 0 bridgehead atoms. The lowest BCUT2D eigenvalue weighted by molar-refractivity contribution is -0.114. The van der Waals surface area contributed by atoms with Gasteiger partial charge in [0.05, 0.1) is 24.9 Å². The van der Waals surface area contributed by atoms with E-state index < -0.39 is 11.7 Å². The molecule has 0 spiro atoms. The molecule has 1 amide bonds. The van der Waals surface area contributed by atoms with E-state index in [1.54, 1.807) is 30.0 Å². The van der Waals surface area contributed by atoms with Crippen molar-refractivity contribution in [3.8, 4) is 5.75 Å². The number of aromatic nitrogens is 3. The van der Waals surface area contributed by atoms with Crippen LogP contribution >= 0.6 is 0 Å². The number of ketones is 1. The van der Waals surface area contributed by atoms with E-state index in [1.807, 2.05) is 6.92 Å². The lowest BCUT2D eigenvalue weighted by Gasteiger charge is -2.16. The quantitative estimate of drug-likeness (QED) is 0.785. The molecule has 21 heavy (non-hydrogen) atoms. The molecule has 2 aromatic rings. The monoisotopic (exact) mass is 286 g/mol. The molecule has 0 saturated carbocycles. The molecular formula is C14H14N4O3. The van der Waals surface area contributed by atoms with Crippen molar-refractivity contribution >= 4 is 17.4 Å². The fraction of sp³-hybridized carbons (Fsp3) is 0.286. The summed E-state index contributed by atoms with van der Waals surface area (Å²) < 4.78 is 6.85. The standard InChI is InChI=1S/C14H14N4O3/c1-3-18-12(15-8-16-18)7-17-11-6-9(21-2)4-5-10(11)13(19)14(17)20/h4-6,8H,3,7H2,1-2H3. The van der Waals surface area contributed by atoms with Crippen molar-refractivity contribution in [2.24, 2.45) is 0 Å². The van der Waals surface area contributed by atoms with Gasteiger partial charge >= 0.3 is 0 Å². The average molecular weight is 286 g/mol. The third-order valence-electron chi connectivity index (χ3n) is 3.47. The van der Waals surface area contributed by atoms with Crippen LogP contribution in [0.15, 0.2) is 24.5 Å². The number of nitrogens with zero attached hydrogens (tertiary/aromatic N) is 4. The average Bonchev–Trinajstić information content (AvgIpc) is 3.05. The number of rotatable bonds is 4. The Balaban J connectivity index is 2.00. The number of hydrogen-bond donors (Lipinski definition) is 0. The van der Waals surface area contributed by atoms with Crippen molar-refractivity contribution in [2.45, 2.75) is 20.0 Å². The molecule has 3 rings (SSSR count). The number of ether oxygens (including phenoxy) is 1. The van der Waals surface area contributed by atoms with Gasteiger partial charge in [0.25, 0.3) is 11.7 Å². The molecule has 0 saturated heterocycles. The zero-order valence-corrected chi connectivity index (χ0v) is 11.7. The first-order valence-corrected chi connectivity index (χ1v) is 6.56. The predicted octanol–water partition coefficient (Wildman–Crippen LogP) is 1.04. The summed E-state index contributed by atoms with van der Waals surface area (Å²) in [5.74, 6) is 0.173. The SMILES string of the molecule is CCn1ncnc1CN1C(=O)C(=O)c2ccc(OC)cc21. The maximum atomic E-state index is 12.2. The van der Waals surface area contributed by atoms with Gasteiger partial charge in [-0.1, -0.05) is 0 Å². The van der Waals surface area contributed by atoms with E-state index in [0.717, 1.165) is 0 Å². The van der Waals surface area contributed by atoms with Gasteiger partial charge in [0, 0.05) is 12.6 Å². The lowest BCUT2D eigenvalue weighted by Crippen LogP contribution is -2.30. The molecule has 0 radical (unpaired) electrons. The summed E-state index contributed by atoms with van der Waals surface area (Å²) in [6.07, 6.45) is 1.44. The number of fused-ring (bicyclic) bond motifs is 1. The maximum Gasteiger partial charge on any atom is 0.299 e. The normalized spacial score (nSPS) is 13.7. The maximum absolute atomic E-state index is 12.2. The molecule has 1 aromatic carbocycles. The van der Waals surface area contributed by atoms with Crippen LogP contribution in [0.5, 0.6) is 5.75 Å². The third kappa shape index (κ3) is 2.06. The van der Waals surface area contributed by atoms with E-state index in [9.17, 15) is 9.59 Å². The highest BCUT2D eigenvalue weighted by Gasteiger charge is 2.36.